The second-order valence-corrected chi connectivity index (χ2v) is 8.45. The van der Waals surface area contributed by atoms with Crippen molar-refractivity contribution in [3.05, 3.63) is 76.0 Å². The van der Waals surface area contributed by atoms with E-state index in [0.717, 1.165) is 22.6 Å². The maximum absolute atomic E-state index is 9.77. The number of hydrogen-bond donors (Lipinski definition) is 2. The van der Waals surface area contributed by atoms with Crippen LogP contribution in [0.15, 0.2) is 59.8 Å². The summed E-state index contributed by atoms with van der Waals surface area (Å²) in [6, 6.07) is 17.4. The van der Waals surface area contributed by atoms with E-state index in [0.29, 0.717) is 22.3 Å². The van der Waals surface area contributed by atoms with E-state index in [4.69, 9.17) is 28.6 Å². The summed E-state index contributed by atoms with van der Waals surface area (Å²) < 4.78 is 5.84. The second-order valence-electron chi connectivity index (χ2n) is 7.63. The Morgan fingerprint density at radius 2 is 1.82 bits per heavy atom. The Labute approximate surface area is 176 Å². The number of halogens is 1. The molecule has 2 N–H and O–H groups in total. The van der Waals surface area contributed by atoms with Crippen molar-refractivity contribution < 1.29 is 4.74 Å². The van der Waals surface area contributed by atoms with Crippen molar-refractivity contribution in [2.75, 3.05) is 0 Å². The van der Waals surface area contributed by atoms with Gasteiger partial charge in [0, 0.05) is 21.7 Å². The summed E-state index contributed by atoms with van der Waals surface area (Å²) in [4.78, 5) is 0. The number of thiocarbonyl (C=S) groups is 1. The van der Waals surface area contributed by atoms with E-state index >= 15 is 0 Å². The molecule has 0 amide bonds. The third kappa shape index (κ3) is 4.46. The van der Waals surface area contributed by atoms with Gasteiger partial charge in [0.2, 0.25) is 0 Å². The highest BCUT2D eigenvalue weighted by atomic mass is 35.5. The van der Waals surface area contributed by atoms with Gasteiger partial charge in [-0.15, -0.1) is 0 Å². The second kappa shape index (κ2) is 8.22. The molecule has 0 radical (unpaired) electrons. The van der Waals surface area contributed by atoms with Gasteiger partial charge in [-0.2, -0.15) is 5.26 Å². The van der Waals surface area contributed by atoms with Gasteiger partial charge in [0.25, 0.3) is 0 Å². The van der Waals surface area contributed by atoms with Crippen molar-refractivity contribution in [1.29, 1.82) is 5.26 Å². The minimum atomic E-state index is -0.286. The van der Waals surface area contributed by atoms with Crippen molar-refractivity contribution in [3.8, 4) is 11.8 Å². The Morgan fingerprint density at radius 3 is 2.43 bits per heavy atom. The molecule has 2 aromatic carbocycles. The van der Waals surface area contributed by atoms with Crippen LogP contribution in [0.3, 0.4) is 0 Å². The molecule has 0 fully saturated rings. The third-order valence-electron chi connectivity index (χ3n) is 4.51. The van der Waals surface area contributed by atoms with Gasteiger partial charge in [-0.05, 0) is 36.0 Å². The molecule has 28 heavy (non-hydrogen) atoms. The molecule has 2 aromatic rings. The van der Waals surface area contributed by atoms with Gasteiger partial charge in [-0.1, -0.05) is 62.7 Å². The first-order valence-corrected chi connectivity index (χ1v) is 9.76. The standard InChI is InChI=1S/C22H22ClN3OS/c1-22(2,3)20-17(12-24)19(25-21(28)26-20)14-8-10-16(11-9-14)27-13-15-6-4-5-7-18(15)23/h4-11,19H,13H2,1-3H3,(H2,25,26,28)/t19-/m0/s1. The maximum Gasteiger partial charge on any atom is 0.171 e. The first-order chi connectivity index (χ1) is 13.3. The van der Waals surface area contributed by atoms with Crippen LogP contribution in [-0.4, -0.2) is 5.11 Å². The number of rotatable bonds is 4. The fraction of sp³-hybridized carbons (Fsp3) is 0.273. The van der Waals surface area contributed by atoms with Crippen molar-refractivity contribution in [3.63, 3.8) is 0 Å². The van der Waals surface area contributed by atoms with E-state index in [2.05, 4.69) is 37.5 Å². The summed E-state index contributed by atoms with van der Waals surface area (Å²) in [6.45, 7) is 6.57. The van der Waals surface area contributed by atoms with E-state index in [1.165, 1.54) is 0 Å². The lowest BCUT2D eigenvalue weighted by Crippen LogP contribution is -2.46. The number of nitrogens with zero attached hydrogens (tertiary/aromatic N) is 1. The summed E-state index contributed by atoms with van der Waals surface area (Å²) >= 11 is 11.5. The zero-order valence-corrected chi connectivity index (χ0v) is 17.6. The monoisotopic (exact) mass is 411 g/mol. The van der Waals surface area contributed by atoms with Crippen LogP contribution in [0.4, 0.5) is 0 Å². The first kappa shape index (κ1) is 20.2. The number of benzene rings is 2. The fourth-order valence-electron chi connectivity index (χ4n) is 3.06. The van der Waals surface area contributed by atoms with Crippen LogP contribution in [0.1, 0.15) is 37.9 Å². The van der Waals surface area contributed by atoms with E-state index in [-0.39, 0.29) is 11.5 Å². The Balaban J connectivity index is 1.81. The summed E-state index contributed by atoms with van der Waals surface area (Å²) in [5, 5.41) is 17.3. The maximum atomic E-state index is 9.77. The number of ether oxygens (including phenoxy) is 1. The highest BCUT2D eigenvalue weighted by Crippen LogP contribution is 2.35. The number of nitrogens with one attached hydrogen (secondary N) is 2. The summed E-state index contributed by atoms with van der Waals surface area (Å²) in [5.74, 6) is 0.735. The topological polar surface area (TPSA) is 57.1 Å². The molecular formula is C22H22ClN3OS. The molecule has 1 aliphatic rings. The molecule has 0 aromatic heterocycles. The zero-order valence-electron chi connectivity index (χ0n) is 16.0. The fourth-order valence-corrected chi connectivity index (χ4v) is 3.47. The highest BCUT2D eigenvalue weighted by molar-refractivity contribution is 7.80. The summed E-state index contributed by atoms with van der Waals surface area (Å²) in [6.07, 6.45) is 0. The molecule has 0 aliphatic carbocycles. The average molecular weight is 412 g/mol. The summed E-state index contributed by atoms with van der Waals surface area (Å²) in [7, 11) is 0. The zero-order chi connectivity index (χ0) is 20.3. The first-order valence-electron chi connectivity index (χ1n) is 8.98. The molecule has 6 heteroatoms. The summed E-state index contributed by atoms with van der Waals surface area (Å²) in [5.41, 5.74) is 3.16. The molecule has 1 aliphatic heterocycles. The number of hydrogen-bond acceptors (Lipinski definition) is 3. The molecule has 0 spiro atoms. The minimum Gasteiger partial charge on any atom is -0.489 e. The van der Waals surface area contributed by atoms with Gasteiger partial charge in [-0.3, -0.25) is 0 Å². The quantitative estimate of drug-likeness (QED) is 0.672. The molecule has 1 heterocycles. The van der Waals surface area contributed by atoms with Gasteiger partial charge in [0.1, 0.15) is 12.4 Å². The van der Waals surface area contributed by atoms with E-state index in [1.807, 2.05) is 48.5 Å². The van der Waals surface area contributed by atoms with Crippen LogP contribution in [0, 0.1) is 16.7 Å². The van der Waals surface area contributed by atoms with Crippen LogP contribution in [-0.2, 0) is 6.61 Å². The van der Waals surface area contributed by atoms with Crippen molar-refractivity contribution >= 4 is 28.9 Å². The molecule has 0 unspecified atom stereocenters. The van der Waals surface area contributed by atoms with Crippen molar-refractivity contribution in [1.82, 2.24) is 10.6 Å². The Bertz CT molecular complexity index is 955. The Kier molecular flexibility index (Phi) is 5.93. The molecule has 0 bridgehead atoms. The van der Waals surface area contributed by atoms with Crippen LogP contribution in [0.2, 0.25) is 5.02 Å². The molecule has 1 atom stereocenters. The van der Waals surface area contributed by atoms with Crippen LogP contribution in [0.25, 0.3) is 0 Å². The van der Waals surface area contributed by atoms with Crippen LogP contribution >= 0.6 is 23.8 Å². The lowest BCUT2D eigenvalue weighted by Gasteiger charge is -2.34. The van der Waals surface area contributed by atoms with Crippen molar-refractivity contribution in [2.24, 2.45) is 5.41 Å². The molecule has 0 saturated heterocycles. The molecule has 0 saturated carbocycles. The lowest BCUT2D eigenvalue weighted by molar-refractivity contribution is 0.306. The largest absolute Gasteiger partial charge is 0.489 e. The molecule has 144 valence electrons. The third-order valence-corrected chi connectivity index (χ3v) is 5.10. The Morgan fingerprint density at radius 1 is 1.14 bits per heavy atom. The predicted molar refractivity (Wildman–Crippen MR) is 116 cm³/mol. The van der Waals surface area contributed by atoms with Gasteiger partial charge in [0.15, 0.2) is 5.11 Å². The Hall–Kier alpha value is -2.55. The van der Waals surface area contributed by atoms with E-state index in [1.54, 1.807) is 0 Å². The van der Waals surface area contributed by atoms with Gasteiger partial charge >= 0.3 is 0 Å². The molecule has 3 rings (SSSR count). The average Bonchev–Trinajstić information content (AvgIpc) is 2.66. The predicted octanol–water partition coefficient (Wildman–Crippen LogP) is 5.26. The molecular weight excluding hydrogens is 390 g/mol. The highest BCUT2D eigenvalue weighted by Gasteiger charge is 2.32. The smallest absolute Gasteiger partial charge is 0.171 e. The normalized spacial score (nSPS) is 16.8. The van der Waals surface area contributed by atoms with E-state index < -0.39 is 0 Å². The minimum absolute atomic E-state index is 0.215. The van der Waals surface area contributed by atoms with Crippen molar-refractivity contribution in [2.45, 2.75) is 33.4 Å². The van der Waals surface area contributed by atoms with Gasteiger partial charge < -0.3 is 15.4 Å². The lowest BCUT2D eigenvalue weighted by atomic mass is 9.84. The van der Waals surface area contributed by atoms with Gasteiger partial charge in [-0.25, -0.2) is 0 Å². The SMILES string of the molecule is CC(C)(C)C1=C(C#N)[C@H](c2ccc(OCc3ccccc3Cl)cc2)NC(=S)N1. The number of allylic oxidation sites excluding steroid dienone is 1. The number of nitriles is 1. The van der Waals surface area contributed by atoms with Gasteiger partial charge in [0.05, 0.1) is 17.7 Å². The van der Waals surface area contributed by atoms with Crippen LogP contribution in [0.5, 0.6) is 5.75 Å². The van der Waals surface area contributed by atoms with Crippen LogP contribution < -0.4 is 15.4 Å². The van der Waals surface area contributed by atoms with E-state index in [9.17, 15) is 5.26 Å². The molecule has 4 nitrogen and oxygen atoms in total.